The average molecular weight is 250 g/mol. The van der Waals surface area contributed by atoms with Gasteiger partial charge in [0.2, 0.25) is 0 Å². The summed E-state index contributed by atoms with van der Waals surface area (Å²) in [5.41, 5.74) is 0.575. The minimum Gasteiger partial charge on any atom is -0.478 e. The van der Waals surface area contributed by atoms with Crippen LogP contribution in [-0.2, 0) is 4.74 Å². The number of aromatic carboxylic acids is 1. The number of nitrogens with one attached hydrogen (secondary N) is 1. The van der Waals surface area contributed by atoms with Crippen LogP contribution in [0.4, 0.5) is 5.82 Å². The fourth-order valence-electron chi connectivity index (χ4n) is 1.95. The van der Waals surface area contributed by atoms with Crippen LogP contribution in [0.1, 0.15) is 29.6 Å². The normalized spacial score (nSPS) is 16.3. The summed E-state index contributed by atoms with van der Waals surface area (Å²) in [6.45, 7) is 1.59. The van der Waals surface area contributed by atoms with Crippen LogP contribution in [0.5, 0.6) is 0 Å². The smallest absolute Gasteiger partial charge is 0.335 e. The number of carboxylic acid groups (broad SMARTS) is 1. The van der Waals surface area contributed by atoms with Gasteiger partial charge >= 0.3 is 5.97 Å². The Bertz CT molecular complexity index is 430. The number of methoxy groups -OCH3 is 1. The van der Waals surface area contributed by atoms with Crippen molar-refractivity contribution in [1.82, 2.24) is 4.98 Å². The monoisotopic (exact) mass is 250 g/mol. The van der Waals surface area contributed by atoms with Gasteiger partial charge in [-0.25, -0.2) is 9.78 Å². The molecule has 0 amide bonds. The first-order chi connectivity index (χ1) is 8.65. The fourth-order valence-corrected chi connectivity index (χ4v) is 1.95. The average Bonchev–Trinajstić information content (AvgIpc) is 3.15. The number of anilines is 1. The molecule has 0 radical (unpaired) electrons. The SMILES string of the molecule is COCCC1(CNc2cc(C(=O)O)ccn2)CC1. The molecule has 18 heavy (non-hydrogen) atoms. The highest BCUT2D eigenvalue weighted by Gasteiger charge is 2.41. The zero-order chi connectivity index (χ0) is 13.0. The maximum atomic E-state index is 10.8. The molecule has 0 aromatic carbocycles. The number of aromatic nitrogens is 1. The van der Waals surface area contributed by atoms with Gasteiger partial charge in [0.15, 0.2) is 0 Å². The van der Waals surface area contributed by atoms with Gasteiger partial charge in [0, 0.05) is 26.5 Å². The third-order valence-corrected chi connectivity index (χ3v) is 3.45. The molecule has 2 N–H and O–H groups in total. The van der Waals surface area contributed by atoms with Gasteiger partial charge in [-0.2, -0.15) is 0 Å². The second-order valence-corrected chi connectivity index (χ2v) is 4.83. The maximum absolute atomic E-state index is 10.8. The van der Waals surface area contributed by atoms with E-state index < -0.39 is 5.97 Å². The first kappa shape index (κ1) is 12.8. The fraction of sp³-hybridized carbons (Fsp3) is 0.538. The van der Waals surface area contributed by atoms with Crippen LogP contribution in [0, 0.1) is 5.41 Å². The first-order valence-corrected chi connectivity index (χ1v) is 6.07. The van der Waals surface area contributed by atoms with Crippen molar-refractivity contribution in [2.45, 2.75) is 19.3 Å². The Morgan fingerprint density at radius 1 is 1.61 bits per heavy atom. The third-order valence-electron chi connectivity index (χ3n) is 3.45. The van der Waals surface area contributed by atoms with Gasteiger partial charge in [0.25, 0.3) is 0 Å². The molecule has 1 fully saturated rings. The van der Waals surface area contributed by atoms with Crippen molar-refractivity contribution in [2.24, 2.45) is 5.41 Å². The number of ether oxygens (including phenoxy) is 1. The van der Waals surface area contributed by atoms with E-state index in [-0.39, 0.29) is 5.56 Å². The third kappa shape index (κ3) is 3.20. The Morgan fingerprint density at radius 3 is 3.00 bits per heavy atom. The molecule has 0 spiro atoms. The molecule has 1 aliphatic carbocycles. The topological polar surface area (TPSA) is 71.5 Å². The van der Waals surface area contributed by atoms with Crippen LogP contribution in [0.3, 0.4) is 0 Å². The van der Waals surface area contributed by atoms with Gasteiger partial charge in [0.05, 0.1) is 5.56 Å². The lowest BCUT2D eigenvalue weighted by molar-refractivity contribution is 0.0697. The number of hydrogen-bond donors (Lipinski definition) is 2. The maximum Gasteiger partial charge on any atom is 0.335 e. The van der Waals surface area contributed by atoms with Crippen molar-refractivity contribution in [3.63, 3.8) is 0 Å². The van der Waals surface area contributed by atoms with Crippen molar-refractivity contribution < 1.29 is 14.6 Å². The van der Waals surface area contributed by atoms with E-state index in [9.17, 15) is 4.79 Å². The molecule has 0 bridgehead atoms. The summed E-state index contributed by atoms with van der Waals surface area (Å²) in [6.07, 6.45) is 4.94. The summed E-state index contributed by atoms with van der Waals surface area (Å²) in [4.78, 5) is 15.0. The van der Waals surface area contributed by atoms with Crippen LogP contribution in [0.15, 0.2) is 18.3 Å². The minimum absolute atomic E-state index is 0.259. The van der Waals surface area contributed by atoms with Gasteiger partial charge in [-0.3, -0.25) is 0 Å². The predicted octanol–water partition coefficient (Wildman–Crippen LogP) is 2.01. The van der Waals surface area contributed by atoms with Crippen LogP contribution in [0.2, 0.25) is 0 Å². The number of nitrogens with zero attached hydrogens (tertiary/aromatic N) is 1. The van der Waals surface area contributed by atoms with Crippen molar-refractivity contribution in [2.75, 3.05) is 25.6 Å². The van der Waals surface area contributed by atoms with E-state index in [1.807, 2.05) is 0 Å². The van der Waals surface area contributed by atoms with Gasteiger partial charge in [-0.15, -0.1) is 0 Å². The Hall–Kier alpha value is -1.62. The van der Waals surface area contributed by atoms with E-state index in [0.29, 0.717) is 11.2 Å². The van der Waals surface area contributed by atoms with E-state index in [1.165, 1.54) is 25.1 Å². The molecule has 1 aromatic heterocycles. The molecular formula is C13H18N2O3. The molecule has 2 rings (SSSR count). The van der Waals surface area contributed by atoms with Crippen LogP contribution in [0.25, 0.3) is 0 Å². The molecule has 1 saturated carbocycles. The molecule has 0 unspecified atom stereocenters. The highest BCUT2D eigenvalue weighted by Crippen LogP contribution is 2.48. The number of carboxylic acids is 1. The predicted molar refractivity (Wildman–Crippen MR) is 67.8 cm³/mol. The lowest BCUT2D eigenvalue weighted by Gasteiger charge is -2.15. The zero-order valence-corrected chi connectivity index (χ0v) is 10.5. The lowest BCUT2D eigenvalue weighted by atomic mass is 10.0. The molecule has 5 heteroatoms. The Balaban J connectivity index is 1.90. The Morgan fingerprint density at radius 2 is 2.39 bits per heavy atom. The Kier molecular flexibility index (Phi) is 3.81. The number of hydrogen-bond acceptors (Lipinski definition) is 4. The highest BCUT2D eigenvalue weighted by atomic mass is 16.5. The summed E-state index contributed by atoms with van der Waals surface area (Å²) in [6, 6.07) is 3.06. The summed E-state index contributed by atoms with van der Waals surface area (Å²) in [5, 5.41) is 12.1. The number of rotatable bonds is 7. The molecule has 0 atom stereocenters. The Labute approximate surface area is 106 Å². The van der Waals surface area contributed by atoms with Crippen LogP contribution in [-0.4, -0.2) is 36.3 Å². The molecule has 1 aliphatic rings. The molecule has 5 nitrogen and oxygen atoms in total. The van der Waals surface area contributed by atoms with E-state index in [4.69, 9.17) is 9.84 Å². The van der Waals surface area contributed by atoms with Crippen molar-refractivity contribution in [3.8, 4) is 0 Å². The van der Waals surface area contributed by atoms with E-state index in [0.717, 1.165) is 19.6 Å². The molecule has 1 aromatic rings. The quantitative estimate of drug-likeness (QED) is 0.774. The minimum atomic E-state index is -0.930. The lowest BCUT2D eigenvalue weighted by Crippen LogP contribution is -2.18. The van der Waals surface area contributed by atoms with Crippen LogP contribution >= 0.6 is 0 Å². The summed E-state index contributed by atoms with van der Waals surface area (Å²) >= 11 is 0. The standard InChI is InChI=1S/C13H18N2O3/c1-18-7-5-13(3-4-13)9-15-11-8-10(12(16)17)2-6-14-11/h2,6,8H,3-5,7,9H2,1H3,(H,14,15)(H,16,17). The van der Waals surface area contributed by atoms with E-state index >= 15 is 0 Å². The van der Waals surface area contributed by atoms with Crippen LogP contribution < -0.4 is 5.32 Å². The van der Waals surface area contributed by atoms with E-state index in [2.05, 4.69) is 10.3 Å². The summed E-state index contributed by atoms with van der Waals surface area (Å²) in [7, 11) is 1.71. The second-order valence-electron chi connectivity index (χ2n) is 4.83. The van der Waals surface area contributed by atoms with Gasteiger partial charge in [-0.1, -0.05) is 0 Å². The van der Waals surface area contributed by atoms with Crippen molar-refractivity contribution in [1.29, 1.82) is 0 Å². The molecule has 98 valence electrons. The molecule has 0 aliphatic heterocycles. The summed E-state index contributed by atoms with van der Waals surface area (Å²) in [5.74, 6) is -0.306. The second kappa shape index (κ2) is 5.35. The number of carbonyl (C=O) groups is 1. The number of pyridine rings is 1. The summed E-state index contributed by atoms with van der Waals surface area (Å²) < 4.78 is 5.10. The zero-order valence-electron chi connectivity index (χ0n) is 10.5. The van der Waals surface area contributed by atoms with Crippen molar-refractivity contribution in [3.05, 3.63) is 23.9 Å². The largest absolute Gasteiger partial charge is 0.478 e. The van der Waals surface area contributed by atoms with Crippen molar-refractivity contribution >= 4 is 11.8 Å². The first-order valence-electron chi connectivity index (χ1n) is 6.07. The van der Waals surface area contributed by atoms with Gasteiger partial charge in [-0.05, 0) is 36.8 Å². The van der Waals surface area contributed by atoms with E-state index in [1.54, 1.807) is 13.2 Å². The highest BCUT2D eigenvalue weighted by molar-refractivity contribution is 5.88. The molecule has 0 saturated heterocycles. The molecule has 1 heterocycles. The van der Waals surface area contributed by atoms with Gasteiger partial charge in [0.1, 0.15) is 5.82 Å². The van der Waals surface area contributed by atoms with Gasteiger partial charge < -0.3 is 15.2 Å². The molecular weight excluding hydrogens is 232 g/mol.